The maximum atomic E-state index is 14.2. The highest BCUT2D eigenvalue weighted by Crippen LogP contribution is 2.60. The molecule has 3 fully saturated rings. The van der Waals surface area contributed by atoms with Gasteiger partial charge in [-0.15, -0.1) is 0 Å². The molecule has 3 saturated heterocycles. The van der Waals surface area contributed by atoms with Crippen molar-refractivity contribution in [2.75, 3.05) is 16.8 Å². The summed E-state index contributed by atoms with van der Waals surface area (Å²) in [7, 11) is 0. The Balaban J connectivity index is 1.56. The molecule has 8 heteroatoms. The summed E-state index contributed by atoms with van der Waals surface area (Å²) >= 11 is 0. The molecule has 0 aliphatic carbocycles. The van der Waals surface area contributed by atoms with Gasteiger partial charge >= 0.3 is 0 Å². The number of nitrogens with zero attached hydrogens (tertiary/aromatic N) is 2. The Bertz CT molecular complexity index is 1130. The van der Waals surface area contributed by atoms with Crippen LogP contribution in [0.25, 0.3) is 0 Å². The van der Waals surface area contributed by atoms with Gasteiger partial charge in [-0.05, 0) is 61.9 Å². The van der Waals surface area contributed by atoms with E-state index in [1.165, 1.54) is 42.5 Å². The molecule has 30 heavy (non-hydrogen) atoms. The number of amides is 3. The number of rotatable bonds is 1. The number of benzene rings is 2. The Morgan fingerprint density at radius 1 is 0.967 bits per heavy atom. The molecule has 4 atom stereocenters. The highest BCUT2D eigenvalue weighted by atomic mass is 19.1. The molecule has 1 spiro atoms. The molecule has 4 heterocycles. The van der Waals surface area contributed by atoms with Crippen LogP contribution in [0.1, 0.15) is 18.4 Å². The van der Waals surface area contributed by atoms with Gasteiger partial charge in [-0.3, -0.25) is 19.3 Å². The van der Waals surface area contributed by atoms with Gasteiger partial charge in [0.2, 0.25) is 17.7 Å². The van der Waals surface area contributed by atoms with Gasteiger partial charge in [0.15, 0.2) is 0 Å². The van der Waals surface area contributed by atoms with Crippen molar-refractivity contribution < 1.29 is 23.2 Å². The van der Waals surface area contributed by atoms with E-state index in [1.807, 2.05) is 4.90 Å². The predicted molar refractivity (Wildman–Crippen MR) is 102 cm³/mol. The Labute approximate surface area is 170 Å². The first kappa shape index (κ1) is 17.7. The molecule has 0 aromatic heterocycles. The summed E-state index contributed by atoms with van der Waals surface area (Å²) in [6.45, 7) is 0.554. The number of hydrogen-bond donors (Lipinski definition) is 1. The zero-order valence-corrected chi connectivity index (χ0v) is 15.8. The number of fused-ring (bicyclic) bond motifs is 7. The Hall–Kier alpha value is -3.13. The molecule has 6 rings (SSSR count). The van der Waals surface area contributed by atoms with Crippen molar-refractivity contribution in [3.05, 3.63) is 59.7 Å². The van der Waals surface area contributed by atoms with Gasteiger partial charge in [0.05, 0.1) is 17.5 Å². The van der Waals surface area contributed by atoms with E-state index in [4.69, 9.17) is 0 Å². The zero-order chi connectivity index (χ0) is 20.8. The van der Waals surface area contributed by atoms with Crippen LogP contribution in [0.2, 0.25) is 0 Å². The fourth-order valence-corrected chi connectivity index (χ4v) is 6.02. The standard InChI is InChI=1S/C22H17F2N3O3/c23-11-3-6-13(7-4-11)27-19(28)17-16-2-1-9-26(16)22(18(17)20(27)29)14-10-12(24)5-8-15(14)25-21(22)30/h3-8,10,16-18H,1-2,9H2,(H,25,30)/t16-,17-,18+,22-/m1/s1. The van der Waals surface area contributed by atoms with Gasteiger partial charge in [-0.2, -0.15) is 0 Å². The Morgan fingerprint density at radius 3 is 2.47 bits per heavy atom. The van der Waals surface area contributed by atoms with E-state index >= 15 is 0 Å². The lowest BCUT2D eigenvalue weighted by molar-refractivity contribution is -0.135. The van der Waals surface area contributed by atoms with Crippen LogP contribution in [0.5, 0.6) is 0 Å². The molecular weight excluding hydrogens is 392 g/mol. The smallest absolute Gasteiger partial charge is 0.250 e. The van der Waals surface area contributed by atoms with Crippen molar-refractivity contribution in [3.8, 4) is 0 Å². The van der Waals surface area contributed by atoms with Crippen LogP contribution < -0.4 is 10.2 Å². The average Bonchev–Trinajstić information content (AvgIpc) is 3.42. The molecule has 0 bridgehead atoms. The molecule has 3 amide bonds. The Morgan fingerprint density at radius 2 is 1.70 bits per heavy atom. The van der Waals surface area contributed by atoms with Crippen molar-refractivity contribution in [1.29, 1.82) is 0 Å². The second-order valence-electron chi connectivity index (χ2n) is 8.31. The van der Waals surface area contributed by atoms with E-state index in [2.05, 4.69) is 5.32 Å². The van der Waals surface area contributed by atoms with E-state index in [0.29, 0.717) is 24.2 Å². The predicted octanol–water partition coefficient (Wildman–Crippen LogP) is 2.40. The number of halogens is 2. The minimum Gasteiger partial charge on any atom is -0.324 e. The van der Waals surface area contributed by atoms with Crippen molar-refractivity contribution in [3.63, 3.8) is 0 Å². The first-order valence-corrected chi connectivity index (χ1v) is 9.96. The van der Waals surface area contributed by atoms with Gasteiger partial charge in [0.25, 0.3) is 0 Å². The topological polar surface area (TPSA) is 69.7 Å². The van der Waals surface area contributed by atoms with E-state index in [0.717, 1.165) is 11.3 Å². The summed E-state index contributed by atoms with van der Waals surface area (Å²) < 4.78 is 27.6. The normalized spacial score (nSPS) is 32.0. The summed E-state index contributed by atoms with van der Waals surface area (Å²) in [5.74, 6) is -3.92. The minimum absolute atomic E-state index is 0.276. The molecule has 0 radical (unpaired) electrons. The lowest BCUT2D eigenvalue weighted by atomic mass is 9.75. The summed E-state index contributed by atoms with van der Waals surface area (Å²) in [5, 5.41) is 2.80. The summed E-state index contributed by atoms with van der Waals surface area (Å²) in [6.07, 6.45) is 1.46. The second-order valence-corrected chi connectivity index (χ2v) is 8.31. The fourth-order valence-electron chi connectivity index (χ4n) is 6.02. The third kappa shape index (κ3) is 1.92. The van der Waals surface area contributed by atoms with E-state index in [1.54, 1.807) is 0 Å². The minimum atomic E-state index is -1.41. The summed E-state index contributed by atoms with van der Waals surface area (Å²) in [5.41, 5.74) is -0.259. The molecule has 0 saturated carbocycles. The van der Waals surface area contributed by atoms with Crippen LogP contribution in [-0.2, 0) is 19.9 Å². The molecular formula is C22H17F2N3O3. The second kappa shape index (κ2) is 5.72. The van der Waals surface area contributed by atoms with Gasteiger partial charge in [-0.25, -0.2) is 13.7 Å². The van der Waals surface area contributed by atoms with Crippen LogP contribution in [0, 0.1) is 23.5 Å². The molecule has 4 aliphatic heterocycles. The Kier molecular flexibility index (Phi) is 3.38. The van der Waals surface area contributed by atoms with Crippen LogP contribution in [0.3, 0.4) is 0 Å². The quantitative estimate of drug-likeness (QED) is 0.735. The van der Waals surface area contributed by atoms with Gasteiger partial charge in [0.1, 0.15) is 17.2 Å². The molecule has 6 nitrogen and oxygen atoms in total. The van der Waals surface area contributed by atoms with Crippen LogP contribution >= 0.6 is 0 Å². The average molecular weight is 409 g/mol. The van der Waals surface area contributed by atoms with Gasteiger partial charge in [-0.1, -0.05) is 0 Å². The number of anilines is 2. The monoisotopic (exact) mass is 409 g/mol. The molecule has 4 aliphatic rings. The number of carbonyl (C=O) groups excluding carboxylic acids is 3. The fraction of sp³-hybridized carbons (Fsp3) is 0.318. The van der Waals surface area contributed by atoms with E-state index < -0.39 is 40.8 Å². The SMILES string of the molecule is O=C1[C@@H]2[C@H]3CCCN3[C@@]3(C(=O)Nc4ccc(F)cc43)[C@@H]2C(=O)N1c1ccc(F)cc1. The van der Waals surface area contributed by atoms with Crippen LogP contribution in [0.4, 0.5) is 20.2 Å². The molecule has 152 valence electrons. The first-order chi connectivity index (χ1) is 14.4. The number of carbonyl (C=O) groups is 3. The summed E-state index contributed by atoms with van der Waals surface area (Å²) in [6, 6.07) is 8.91. The number of nitrogens with one attached hydrogen (secondary N) is 1. The van der Waals surface area contributed by atoms with Crippen molar-refractivity contribution >= 4 is 29.1 Å². The molecule has 0 unspecified atom stereocenters. The maximum absolute atomic E-state index is 14.2. The van der Waals surface area contributed by atoms with E-state index in [9.17, 15) is 23.2 Å². The lowest BCUT2D eigenvalue weighted by Gasteiger charge is -2.36. The zero-order valence-electron chi connectivity index (χ0n) is 15.8. The van der Waals surface area contributed by atoms with Crippen LogP contribution in [0.15, 0.2) is 42.5 Å². The molecule has 2 aromatic carbocycles. The molecule has 1 N–H and O–H groups in total. The van der Waals surface area contributed by atoms with Crippen molar-refractivity contribution in [2.24, 2.45) is 11.8 Å². The highest BCUT2D eigenvalue weighted by Gasteiger charge is 2.74. The van der Waals surface area contributed by atoms with Crippen molar-refractivity contribution in [2.45, 2.75) is 24.4 Å². The third-order valence-corrected chi connectivity index (χ3v) is 7.04. The van der Waals surface area contributed by atoms with Crippen molar-refractivity contribution in [1.82, 2.24) is 4.90 Å². The van der Waals surface area contributed by atoms with E-state index in [-0.39, 0.29) is 17.6 Å². The van der Waals surface area contributed by atoms with Gasteiger partial charge in [0, 0.05) is 17.3 Å². The third-order valence-electron chi connectivity index (χ3n) is 7.04. The first-order valence-electron chi connectivity index (χ1n) is 9.96. The van der Waals surface area contributed by atoms with Crippen LogP contribution in [-0.4, -0.2) is 35.2 Å². The summed E-state index contributed by atoms with van der Waals surface area (Å²) in [4.78, 5) is 43.4. The molecule has 2 aromatic rings. The largest absolute Gasteiger partial charge is 0.324 e. The maximum Gasteiger partial charge on any atom is 0.250 e. The number of imide groups is 1. The lowest BCUT2D eigenvalue weighted by Crippen LogP contribution is -2.54. The van der Waals surface area contributed by atoms with Gasteiger partial charge < -0.3 is 5.32 Å². The highest BCUT2D eigenvalue weighted by molar-refractivity contribution is 6.25. The number of hydrogen-bond acceptors (Lipinski definition) is 4.